The summed E-state index contributed by atoms with van der Waals surface area (Å²) in [5.41, 5.74) is -0.0179. The fourth-order valence-electron chi connectivity index (χ4n) is 2.82. The molecule has 1 saturated heterocycles. The minimum atomic E-state index is -0.479. The van der Waals surface area contributed by atoms with Crippen molar-refractivity contribution in [3.05, 3.63) is 52.6 Å². The molecule has 1 unspecified atom stereocenters. The second-order valence-electron chi connectivity index (χ2n) is 5.74. The van der Waals surface area contributed by atoms with Crippen LogP contribution in [0.2, 0.25) is 0 Å². The van der Waals surface area contributed by atoms with Crippen LogP contribution < -0.4 is 10.1 Å². The number of imidazole rings is 1. The summed E-state index contributed by atoms with van der Waals surface area (Å²) >= 11 is 0. The van der Waals surface area contributed by atoms with E-state index in [1.54, 1.807) is 11.1 Å². The largest absolute Gasteiger partial charge is 0.484 e. The lowest BCUT2D eigenvalue weighted by molar-refractivity contribution is -0.384. The highest BCUT2D eigenvalue weighted by Gasteiger charge is 2.30. The van der Waals surface area contributed by atoms with E-state index >= 15 is 0 Å². The Labute approximate surface area is 144 Å². The van der Waals surface area contributed by atoms with E-state index in [1.165, 1.54) is 24.3 Å². The normalized spacial score (nSPS) is 17.3. The number of ether oxygens (including phenoxy) is 1. The Morgan fingerprint density at radius 1 is 1.44 bits per heavy atom. The number of benzene rings is 1. The van der Waals surface area contributed by atoms with E-state index in [-0.39, 0.29) is 24.2 Å². The molecule has 25 heavy (non-hydrogen) atoms. The number of carbonyl (C=O) groups is 1. The lowest BCUT2D eigenvalue weighted by Crippen LogP contribution is -2.50. The van der Waals surface area contributed by atoms with Crippen molar-refractivity contribution < 1.29 is 14.5 Å². The van der Waals surface area contributed by atoms with Gasteiger partial charge < -0.3 is 19.5 Å². The second-order valence-corrected chi connectivity index (χ2v) is 5.74. The topological polar surface area (TPSA) is 103 Å². The van der Waals surface area contributed by atoms with Crippen molar-refractivity contribution in [3.8, 4) is 5.75 Å². The molecular formula is C16H19N5O4. The highest BCUT2D eigenvalue weighted by molar-refractivity contribution is 5.78. The molecule has 3 rings (SSSR count). The molecule has 0 spiro atoms. The summed E-state index contributed by atoms with van der Waals surface area (Å²) in [6.07, 6.45) is 3.56. The molecule has 1 aromatic heterocycles. The van der Waals surface area contributed by atoms with Gasteiger partial charge in [0.2, 0.25) is 0 Å². The molecule has 1 aliphatic heterocycles. The monoisotopic (exact) mass is 345 g/mol. The van der Waals surface area contributed by atoms with Gasteiger partial charge in [-0.3, -0.25) is 14.9 Å². The number of non-ortho nitro benzene ring substituents is 1. The predicted molar refractivity (Wildman–Crippen MR) is 89.1 cm³/mol. The summed E-state index contributed by atoms with van der Waals surface area (Å²) in [7, 11) is 1.90. The van der Waals surface area contributed by atoms with Crippen LogP contribution in [-0.2, 0) is 11.8 Å². The number of aromatic nitrogens is 2. The molecule has 1 aromatic carbocycles. The zero-order valence-corrected chi connectivity index (χ0v) is 13.8. The van der Waals surface area contributed by atoms with Crippen molar-refractivity contribution in [2.24, 2.45) is 7.05 Å². The van der Waals surface area contributed by atoms with Crippen LogP contribution in [0, 0.1) is 10.1 Å². The van der Waals surface area contributed by atoms with Crippen molar-refractivity contribution in [3.63, 3.8) is 0 Å². The molecule has 2 heterocycles. The zero-order chi connectivity index (χ0) is 17.8. The Hall–Kier alpha value is -2.94. The summed E-state index contributed by atoms with van der Waals surface area (Å²) < 4.78 is 7.39. The van der Waals surface area contributed by atoms with Gasteiger partial charge in [0.25, 0.3) is 11.6 Å². The highest BCUT2D eigenvalue weighted by atomic mass is 16.6. The van der Waals surface area contributed by atoms with Gasteiger partial charge in [-0.15, -0.1) is 0 Å². The van der Waals surface area contributed by atoms with Gasteiger partial charge in [0.05, 0.1) is 4.92 Å². The lowest BCUT2D eigenvalue weighted by Gasteiger charge is -2.35. The molecule has 0 radical (unpaired) electrons. The Morgan fingerprint density at radius 3 is 2.84 bits per heavy atom. The average Bonchev–Trinajstić information content (AvgIpc) is 3.06. The summed E-state index contributed by atoms with van der Waals surface area (Å²) in [5, 5.41) is 13.9. The minimum Gasteiger partial charge on any atom is -0.484 e. The first-order valence-corrected chi connectivity index (χ1v) is 7.91. The Kier molecular flexibility index (Phi) is 4.94. The summed E-state index contributed by atoms with van der Waals surface area (Å²) in [6.45, 7) is 1.79. The van der Waals surface area contributed by atoms with Gasteiger partial charge in [-0.05, 0) is 12.1 Å². The first-order valence-electron chi connectivity index (χ1n) is 7.91. The average molecular weight is 345 g/mol. The van der Waals surface area contributed by atoms with Crippen LogP contribution in [-0.4, -0.2) is 51.5 Å². The maximum atomic E-state index is 12.6. The van der Waals surface area contributed by atoms with Gasteiger partial charge >= 0.3 is 0 Å². The first-order chi connectivity index (χ1) is 12.1. The predicted octanol–water partition coefficient (Wildman–Crippen LogP) is 0.880. The smallest absolute Gasteiger partial charge is 0.269 e. The van der Waals surface area contributed by atoms with Crippen molar-refractivity contribution in [1.82, 2.24) is 19.8 Å². The lowest BCUT2D eigenvalue weighted by atomic mass is 10.1. The van der Waals surface area contributed by atoms with Crippen LogP contribution in [0.1, 0.15) is 11.9 Å². The molecule has 1 aliphatic rings. The van der Waals surface area contributed by atoms with Gasteiger partial charge in [0.15, 0.2) is 6.61 Å². The molecule has 9 nitrogen and oxygen atoms in total. The highest BCUT2D eigenvalue weighted by Crippen LogP contribution is 2.21. The molecule has 2 aromatic rings. The van der Waals surface area contributed by atoms with Gasteiger partial charge in [0.1, 0.15) is 17.6 Å². The number of nitrogens with one attached hydrogen (secondary N) is 1. The summed E-state index contributed by atoms with van der Waals surface area (Å²) in [6, 6.07) is 5.52. The molecule has 1 amide bonds. The number of piperazine rings is 1. The van der Waals surface area contributed by atoms with Gasteiger partial charge in [-0.2, -0.15) is 0 Å². The Bertz CT molecular complexity index is 758. The van der Waals surface area contributed by atoms with E-state index in [4.69, 9.17) is 4.74 Å². The van der Waals surface area contributed by atoms with E-state index in [1.807, 2.05) is 17.8 Å². The van der Waals surface area contributed by atoms with Crippen LogP contribution >= 0.6 is 0 Å². The van der Waals surface area contributed by atoms with E-state index in [2.05, 4.69) is 10.3 Å². The van der Waals surface area contributed by atoms with E-state index in [0.29, 0.717) is 25.4 Å². The maximum absolute atomic E-state index is 12.6. The van der Waals surface area contributed by atoms with Crippen molar-refractivity contribution >= 4 is 11.6 Å². The van der Waals surface area contributed by atoms with E-state index in [0.717, 1.165) is 5.82 Å². The molecule has 0 saturated carbocycles. The number of amides is 1. The fourth-order valence-corrected chi connectivity index (χ4v) is 2.82. The number of aryl methyl sites for hydroxylation is 1. The summed E-state index contributed by atoms with van der Waals surface area (Å²) in [5.74, 6) is 1.09. The molecule has 0 bridgehead atoms. The van der Waals surface area contributed by atoms with Crippen molar-refractivity contribution in [2.45, 2.75) is 6.04 Å². The number of hydrogen-bond donors (Lipinski definition) is 1. The minimum absolute atomic E-state index is 0.0179. The Balaban J connectivity index is 1.64. The molecular weight excluding hydrogens is 326 g/mol. The number of hydrogen-bond acceptors (Lipinski definition) is 6. The number of carbonyl (C=O) groups excluding carboxylic acids is 1. The van der Waals surface area contributed by atoms with Gasteiger partial charge in [-0.25, -0.2) is 4.98 Å². The number of nitro benzene ring substituents is 1. The second kappa shape index (κ2) is 7.31. The van der Waals surface area contributed by atoms with Crippen LogP contribution in [0.4, 0.5) is 5.69 Å². The third kappa shape index (κ3) is 3.77. The molecule has 132 valence electrons. The van der Waals surface area contributed by atoms with Crippen LogP contribution in [0.25, 0.3) is 0 Å². The third-order valence-corrected chi connectivity index (χ3v) is 4.13. The molecule has 0 aliphatic carbocycles. The molecule has 1 atom stereocenters. The van der Waals surface area contributed by atoms with Crippen LogP contribution in [0.15, 0.2) is 36.7 Å². The molecule has 9 heteroatoms. The SMILES string of the molecule is Cn1ccnc1C1CNCCN1C(=O)COc1ccc([N+](=O)[O-])cc1. The van der Waals surface area contributed by atoms with E-state index in [9.17, 15) is 14.9 Å². The van der Waals surface area contributed by atoms with Crippen LogP contribution in [0.3, 0.4) is 0 Å². The third-order valence-electron chi connectivity index (χ3n) is 4.13. The Morgan fingerprint density at radius 2 is 2.20 bits per heavy atom. The first kappa shape index (κ1) is 16.9. The molecule has 1 fully saturated rings. The number of nitro groups is 1. The van der Waals surface area contributed by atoms with E-state index < -0.39 is 4.92 Å². The van der Waals surface area contributed by atoms with Crippen molar-refractivity contribution in [1.29, 1.82) is 0 Å². The quantitative estimate of drug-likeness (QED) is 0.637. The zero-order valence-electron chi connectivity index (χ0n) is 13.8. The van der Waals surface area contributed by atoms with Gasteiger partial charge in [-0.1, -0.05) is 0 Å². The molecule has 1 N–H and O–H groups in total. The van der Waals surface area contributed by atoms with Crippen molar-refractivity contribution in [2.75, 3.05) is 26.2 Å². The maximum Gasteiger partial charge on any atom is 0.269 e. The fraction of sp³-hybridized carbons (Fsp3) is 0.375. The van der Waals surface area contributed by atoms with Gasteiger partial charge in [0, 0.05) is 51.2 Å². The number of nitrogens with zero attached hydrogens (tertiary/aromatic N) is 4. The summed E-state index contributed by atoms with van der Waals surface area (Å²) in [4.78, 5) is 28.9. The standard InChI is InChI=1S/C16H19N5O4/c1-19-8-7-18-16(19)14-10-17-6-9-20(14)15(22)11-25-13-4-2-12(3-5-13)21(23)24/h2-5,7-8,14,17H,6,9-11H2,1H3. The number of rotatable bonds is 5. The van der Waals surface area contributed by atoms with Crippen LogP contribution in [0.5, 0.6) is 5.75 Å².